The Kier molecular flexibility index (Phi) is 4.54. The quantitative estimate of drug-likeness (QED) is 0.875. The van der Waals surface area contributed by atoms with Crippen molar-refractivity contribution in [2.45, 2.75) is 39.7 Å². The molecule has 2 unspecified atom stereocenters. The summed E-state index contributed by atoms with van der Waals surface area (Å²) in [4.78, 5) is 4.27. The summed E-state index contributed by atoms with van der Waals surface area (Å²) in [6.07, 6.45) is 3.85. The van der Waals surface area contributed by atoms with Crippen molar-refractivity contribution in [2.75, 3.05) is 6.54 Å². The third-order valence-electron chi connectivity index (χ3n) is 3.91. The number of nitrogens with zero attached hydrogens (tertiary/aromatic N) is 1. The summed E-state index contributed by atoms with van der Waals surface area (Å²) in [5, 5.41) is 6.10. The lowest BCUT2D eigenvalue weighted by Crippen LogP contribution is -2.29. The second-order valence-corrected chi connectivity index (χ2v) is 5.77. The lowest BCUT2D eigenvalue weighted by atomic mass is 9.86. The Balaban J connectivity index is 2.23. The normalized spacial score (nSPS) is 14.8. The Morgan fingerprint density at radius 2 is 1.89 bits per heavy atom. The molecule has 2 aromatic rings. The topological polar surface area (TPSA) is 24.9 Å². The molecular formula is C17H24N2. The van der Waals surface area contributed by atoms with Crippen molar-refractivity contribution < 1.29 is 0 Å². The van der Waals surface area contributed by atoms with Crippen LogP contribution in [0.3, 0.4) is 0 Å². The van der Waals surface area contributed by atoms with E-state index < -0.39 is 0 Å². The molecule has 0 aliphatic heterocycles. The number of hydrogen-bond acceptors (Lipinski definition) is 2. The number of rotatable bonds is 5. The Hall–Kier alpha value is -1.41. The molecule has 1 aromatic carbocycles. The highest BCUT2D eigenvalue weighted by molar-refractivity contribution is 5.85. The first kappa shape index (κ1) is 14.0. The smallest absolute Gasteiger partial charge is 0.0349 e. The molecule has 0 bridgehead atoms. The van der Waals surface area contributed by atoms with Gasteiger partial charge in [0.1, 0.15) is 0 Å². The SMILES string of the molecule is CC(C)NCC(C)C(C)c1cccc2ccncc12. The van der Waals surface area contributed by atoms with E-state index in [-0.39, 0.29) is 0 Å². The summed E-state index contributed by atoms with van der Waals surface area (Å²) in [5.41, 5.74) is 1.41. The van der Waals surface area contributed by atoms with Gasteiger partial charge in [-0.25, -0.2) is 0 Å². The van der Waals surface area contributed by atoms with Crippen LogP contribution in [0.15, 0.2) is 36.7 Å². The van der Waals surface area contributed by atoms with Gasteiger partial charge in [0.15, 0.2) is 0 Å². The minimum absolute atomic E-state index is 0.527. The maximum absolute atomic E-state index is 4.27. The van der Waals surface area contributed by atoms with Gasteiger partial charge in [-0.15, -0.1) is 0 Å². The molecule has 2 rings (SSSR count). The van der Waals surface area contributed by atoms with Crippen molar-refractivity contribution >= 4 is 10.8 Å². The molecule has 1 N–H and O–H groups in total. The molecule has 1 aromatic heterocycles. The molecule has 19 heavy (non-hydrogen) atoms. The molecule has 0 saturated carbocycles. The summed E-state index contributed by atoms with van der Waals surface area (Å²) < 4.78 is 0. The van der Waals surface area contributed by atoms with Gasteiger partial charge in [-0.2, -0.15) is 0 Å². The van der Waals surface area contributed by atoms with Crippen LogP contribution in [0.2, 0.25) is 0 Å². The van der Waals surface area contributed by atoms with Crippen molar-refractivity contribution in [2.24, 2.45) is 5.92 Å². The van der Waals surface area contributed by atoms with Gasteiger partial charge in [0.2, 0.25) is 0 Å². The summed E-state index contributed by atoms with van der Waals surface area (Å²) in [5.74, 6) is 1.13. The summed E-state index contributed by atoms with van der Waals surface area (Å²) in [7, 11) is 0. The molecule has 0 aliphatic carbocycles. The van der Waals surface area contributed by atoms with E-state index in [2.05, 4.69) is 62.3 Å². The average molecular weight is 256 g/mol. The van der Waals surface area contributed by atoms with Crippen LogP contribution in [0.1, 0.15) is 39.2 Å². The molecule has 2 atom stereocenters. The van der Waals surface area contributed by atoms with Crippen molar-refractivity contribution in [1.82, 2.24) is 10.3 Å². The highest BCUT2D eigenvalue weighted by Crippen LogP contribution is 2.29. The minimum Gasteiger partial charge on any atom is -0.314 e. The van der Waals surface area contributed by atoms with Gasteiger partial charge in [-0.05, 0) is 35.4 Å². The zero-order valence-electron chi connectivity index (χ0n) is 12.4. The van der Waals surface area contributed by atoms with Crippen LogP contribution in [0, 0.1) is 5.92 Å². The summed E-state index contributed by atoms with van der Waals surface area (Å²) in [6.45, 7) is 10.1. The molecule has 0 amide bonds. The molecule has 102 valence electrons. The van der Waals surface area contributed by atoms with Crippen LogP contribution in [0.5, 0.6) is 0 Å². The van der Waals surface area contributed by atoms with Crippen LogP contribution in [-0.2, 0) is 0 Å². The van der Waals surface area contributed by atoms with Crippen LogP contribution in [0.25, 0.3) is 10.8 Å². The van der Waals surface area contributed by atoms with E-state index in [1.54, 1.807) is 0 Å². The third-order valence-corrected chi connectivity index (χ3v) is 3.91. The van der Waals surface area contributed by atoms with Crippen LogP contribution < -0.4 is 5.32 Å². The highest BCUT2D eigenvalue weighted by Gasteiger charge is 2.16. The van der Waals surface area contributed by atoms with Crippen molar-refractivity contribution in [3.63, 3.8) is 0 Å². The van der Waals surface area contributed by atoms with E-state index in [9.17, 15) is 0 Å². The van der Waals surface area contributed by atoms with Gasteiger partial charge in [0, 0.05) is 23.8 Å². The predicted molar refractivity (Wildman–Crippen MR) is 82.5 cm³/mol. The zero-order chi connectivity index (χ0) is 13.8. The summed E-state index contributed by atoms with van der Waals surface area (Å²) >= 11 is 0. The molecular weight excluding hydrogens is 232 g/mol. The van der Waals surface area contributed by atoms with Crippen molar-refractivity contribution in [3.8, 4) is 0 Å². The molecule has 1 heterocycles. The average Bonchev–Trinajstić information content (AvgIpc) is 2.43. The van der Waals surface area contributed by atoms with Crippen molar-refractivity contribution in [1.29, 1.82) is 0 Å². The van der Waals surface area contributed by atoms with Gasteiger partial charge in [-0.3, -0.25) is 4.98 Å². The van der Waals surface area contributed by atoms with Gasteiger partial charge in [0.05, 0.1) is 0 Å². The Bertz CT molecular complexity index is 528. The molecule has 0 radical (unpaired) electrons. The van der Waals surface area contributed by atoms with E-state index in [1.165, 1.54) is 16.3 Å². The van der Waals surface area contributed by atoms with E-state index in [0.717, 1.165) is 6.54 Å². The number of benzene rings is 1. The molecule has 0 aliphatic rings. The Morgan fingerprint density at radius 3 is 2.63 bits per heavy atom. The first-order chi connectivity index (χ1) is 9.09. The van der Waals surface area contributed by atoms with Gasteiger partial charge >= 0.3 is 0 Å². The van der Waals surface area contributed by atoms with Crippen LogP contribution in [-0.4, -0.2) is 17.6 Å². The monoisotopic (exact) mass is 256 g/mol. The van der Waals surface area contributed by atoms with Crippen molar-refractivity contribution in [3.05, 3.63) is 42.2 Å². The summed E-state index contributed by atoms with van der Waals surface area (Å²) in [6, 6.07) is 9.17. The first-order valence-electron chi connectivity index (χ1n) is 7.15. The third kappa shape index (κ3) is 3.32. The Labute approximate surface area is 116 Å². The first-order valence-corrected chi connectivity index (χ1v) is 7.15. The van der Waals surface area contributed by atoms with Crippen LogP contribution in [0.4, 0.5) is 0 Å². The predicted octanol–water partition coefficient (Wildman–Crippen LogP) is 3.97. The maximum atomic E-state index is 4.27. The molecule has 0 spiro atoms. The second-order valence-electron chi connectivity index (χ2n) is 5.77. The molecule has 0 fully saturated rings. The number of pyridine rings is 1. The fraction of sp³-hybridized carbons (Fsp3) is 0.471. The zero-order valence-corrected chi connectivity index (χ0v) is 12.4. The number of hydrogen-bond donors (Lipinski definition) is 1. The Morgan fingerprint density at radius 1 is 1.11 bits per heavy atom. The minimum atomic E-state index is 0.527. The van der Waals surface area contributed by atoms with E-state index >= 15 is 0 Å². The highest BCUT2D eigenvalue weighted by atomic mass is 14.9. The van der Waals surface area contributed by atoms with Gasteiger partial charge in [-0.1, -0.05) is 45.9 Å². The maximum Gasteiger partial charge on any atom is 0.0349 e. The standard InChI is InChI=1S/C17H24N2/c1-12(2)19-10-13(3)14(4)16-7-5-6-15-8-9-18-11-17(15)16/h5-9,11-14,19H,10H2,1-4H3. The number of nitrogens with one attached hydrogen (secondary N) is 1. The largest absolute Gasteiger partial charge is 0.314 e. The van der Waals surface area contributed by atoms with Gasteiger partial charge in [0.25, 0.3) is 0 Å². The van der Waals surface area contributed by atoms with E-state index in [0.29, 0.717) is 17.9 Å². The van der Waals surface area contributed by atoms with Crippen LogP contribution >= 0.6 is 0 Å². The number of aromatic nitrogens is 1. The molecule has 2 heteroatoms. The molecule has 2 nitrogen and oxygen atoms in total. The van der Waals surface area contributed by atoms with Gasteiger partial charge < -0.3 is 5.32 Å². The van der Waals surface area contributed by atoms with E-state index in [4.69, 9.17) is 0 Å². The second kappa shape index (κ2) is 6.16. The fourth-order valence-electron chi connectivity index (χ4n) is 2.44. The van der Waals surface area contributed by atoms with E-state index in [1.807, 2.05) is 12.4 Å². The molecule has 0 saturated heterocycles. The number of fused-ring (bicyclic) bond motifs is 1. The lowest BCUT2D eigenvalue weighted by molar-refractivity contribution is 0.427. The lowest BCUT2D eigenvalue weighted by Gasteiger charge is -2.23. The fourth-order valence-corrected chi connectivity index (χ4v) is 2.44.